The predicted octanol–water partition coefficient (Wildman–Crippen LogP) is 0.587. The Morgan fingerprint density at radius 1 is 1.14 bits per heavy atom. The van der Waals surface area contributed by atoms with E-state index in [0.717, 1.165) is 36.8 Å². The summed E-state index contributed by atoms with van der Waals surface area (Å²) in [5, 5.41) is 3.42. The number of nitrogens with one attached hydrogen (secondary N) is 1. The molecule has 4 bridgehead atoms. The molecular formula is C17H29N3O2. The summed E-state index contributed by atoms with van der Waals surface area (Å²) < 4.78 is 5.54. The molecule has 5 fully saturated rings. The maximum absolute atomic E-state index is 12.8. The van der Waals surface area contributed by atoms with E-state index in [9.17, 15) is 4.79 Å². The molecule has 0 radical (unpaired) electrons. The lowest BCUT2D eigenvalue weighted by atomic mass is 9.54. The van der Waals surface area contributed by atoms with Crippen LogP contribution in [0.25, 0.3) is 0 Å². The van der Waals surface area contributed by atoms with Gasteiger partial charge >= 0.3 is 0 Å². The SMILES string of the molecule is NCCN1CCOCC1C(=O)NC1C2CC3CC(C2)CC1C3. The zero-order chi connectivity index (χ0) is 15.1. The van der Waals surface area contributed by atoms with E-state index in [1.165, 1.54) is 32.1 Å². The van der Waals surface area contributed by atoms with Crippen LogP contribution in [0.2, 0.25) is 0 Å². The van der Waals surface area contributed by atoms with E-state index in [-0.39, 0.29) is 11.9 Å². The number of hydrogen-bond donors (Lipinski definition) is 2. The van der Waals surface area contributed by atoms with Crippen molar-refractivity contribution in [3.8, 4) is 0 Å². The summed E-state index contributed by atoms with van der Waals surface area (Å²) in [6, 6.07) is 0.274. The largest absolute Gasteiger partial charge is 0.378 e. The summed E-state index contributed by atoms with van der Waals surface area (Å²) in [6.45, 7) is 3.42. The molecule has 1 unspecified atom stereocenters. The molecule has 22 heavy (non-hydrogen) atoms. The van der Waals surface area contributed by atoms with Crippen LogP contribution in [0.5, 0.6) is 0 Å². The monoisotopic (exact) mass is 307 g/mol. The molecule has 4 aliphatic carbocycles. The van der Waals surface area contributed by atoms with Gasteiger partial charge in [0, 0.05) is 25.7 Å². The van der Waals surface area contributed by atoms with Gasteiger partial charge in [-0.05, 0) is 55.8 Å². The number of rotatable bonds is 4. The molecule has 0 aromatic carbocycles. The van der Waals surface area contributed by atoms with E-state index in [1.807, 2.05) is 0 Å². The van der Waals surface area contributed by atoms with Crippen molar-refractivity contribution in [1.82, 2.24) is 10.2 Å². The molecule has 0 spiro atoms. The van der Waals surface area contributed by atoms with Gasteiger partial charge in [-0.1, -0.05) is 0 Å². The van der Waals surface area contributed by atoms with E-state index in [2.05, 4.69) is 10.2 Å². The van der Waals surface area contributed by atoms with Crippen LogP contribution in [0, 0.1) is 23.7 Å². The molecule has 124 valence electrons. The topological polar surface area (TPSA) is 67.6 Å². The van der Waals surface area contributed by atoms with E-state index in [1.54, 1.807) is 0 Å². The van der Waals surface area contributed by atoms with Crippen molar-refractivity contribution >= 4 is 5.91 Å². The lowest BCUT2D eigenvalue weighted by molar-refractivity contribution is -0.136. The number of amides is 1. The second-order valence-electron chi connectivity index (χ2n) is 7.88. The van der Waals surface area contributed by atoms with Crippen LogP contribution in [-0.4, -0.2) is 55.7 Å². The highest BCUT2D eigenvalue weighted by molar-refractivity contribution is 5.82. The first kappa shape index (κ1) is 14.9. The van der Waals surface area contributed by atoms with Crippen LogP contribution >= 0.6 is 0 Å². The second-order valence-corrected chi connectivity index (χ2v) is 7.88. The highest BCUT2D eigenvalue weighted by Gasteiger charge is 2.49. The molecule has 1 saturated heterocycles. The van der Waals surface area contributed by atoms with Crippen molar-refractivity contribution < 1.29 is 9.53 Å². The van der Waals surface area contributed by atoms with E-state index >= 15 is 0 Å². The van der Waals surface area contributed by atoms with E-state index < -0.39 is 0 Å². The van der Waals surface area contributed by atoms with Crippen LogP contribution < -0.4 is 11.1 Å². The lowest BCUT2D eigenvalue weighted by Gasteiger charge is -2.54. The van der Waals surface area contributed by atoms with Gasteiger partial charge in [0.05, 0.1) is 13.2 Å². The number of morpholine rings is 1. The Labute approximate surface area is 132 Å². The van der Waals surface area contributed by atoms with Gasteiger partial charge in [0.1, 0.15) is 6.04 Å². The average Bonchev–Trinajstić information content (AvgIpc) is 2.51. The summed E-state index contributed by atoms with van der Waals surface area (Å²) in [5.74, 6) is 3.52. The van der Waals surface area contributed by atoms with Gasteiger partial charge in [-0.3, -0.25) is 9.69 Å². The van der Waals surface area contributed by atoms with Crippen molar-refractivity contribution in [2.24, 2.45) is 29.4 Å². The normalized spacial score (nSPS) is 44.2. The molecule has 1 atom stereocenters. The molecule has 3 N–H and O–H groups in total. The van der Waals surface area contributed by atoms with Gasteiger partial charge in [0.15, 0.2) is 0 Å². The molecule has 4 saturated carbocycles. The number of nitrogens with zero attached hydrogens (tertiary/aromatic N) is 1. The summed E-state index contributed by atoms with van der Waals surface area (Å²) in [7, 11) is 0. The first-order valence-corrected chi connectivity index (χ1v) is 9.07. The number of carbonyl (C=O) groups excluding carboxylic acids is 1. The van der Waals surface area contributed by atoms with Gasteiger partial charge < -0.3 is 15.8 Å². The summed E-state index contributed by atoms with van der Waals surface area (Å²) in [6.07, 6.45) is 6.81. The molecule has 5 rings (SSSR count). The molecule has 1 heterocycles. The summed E-state index contributed by atoms with van der Waals surface area (Å²) >= 11 is 0. The fraction of sp³-hybridized carbons (Fsp3) is 0.941. The number of carbonyl (C=O) groups is 1. The number of hydrogen-bond acceptors (Lipinski definition) is 4. The van der Waals surface area contributed by atoms with Crippen molar-refractivity contribution in [3.63, 3.8) is 0 Å². The maximum Gasteiger partial charge on any atom is 0.239 e. The van der Waals surface area contributed by atoms with Crippen LogP contribution in [-0.2, 0) is 9.53 Å². The molecule has 5 heteroatoms. The Morgan fingerprint density at radius 2 is 1.82 bits per heavy atom. The van der Waals surface area contributed by atoms with Gasteiger partial charge in [0.2, 0.25) is 5.91 Å². The molecule has 1 aliphatic heterocycles. The standard InChI is InChI=1S/C17H29N3O2/c18-1-2-20-3-4-22-10-15(20)17(21)19-16-13-6-11-5-12(8-13)9-14(16)7-11/h11-16H,1-10,18H2,(H,19,21). The molecule has 5 nitrogen and oxygen atoms in total. The molecule has 0 aromatic heterocycles. The highest BCUT2D eigenvalue weighted by Crippen LogP contribution is 2.53. The summed E-state index contributed by atoms with van der Waals surface area (Å²) in [4.78, 5) is 15.0. The minimum atomic E-state index is -0.144. The fourth-order valence-electron chi connectivity index (χ4n) is 5.73. The third-order valence-corrected chi connectivity index (χ3v) is 6.49. The smallest absolute Gasteiger partial charge is 0.239 e. The first-order valence-electron chi connectivity index (χ1n) is 9.07. The number of ether oxygens (including phenoxy) is 1. The van der Waals surface area contributed by atoms with Crippen LogP contribution in [0.1, 0.15) is 32.1 Å². The van der Waals surface area contributed by atoms with Gasteiger partial charge in [0.25, 0.3) is 0 Å². The second kappa shape index (κ2) is 6.10. The Bertz CT molecular complexity index is 398. The quantitative estimate of drug-likeness (QED) is 0.797. The van der Waals surface area contributed by atoms with Crippen LogP contribution in [0.3, 0.4) is 0 Å². The Balaban J connectivity index is 1.41. The maximum atomic E-state index is 12.8. The Hall–Kier alpha value is -0.650. The lowest BCUT2D eigenvalue weighted by Crippen LogP contribution is -2.61. The van der Waals surface area contributed by atoms with Crippen LogP contribution in [0.4, 0.5) is 0 Å². The van der Waals surface area contributed by atoms with Gasteiger partial charge in [-0.15, -0.1) is 0 Å². The van der Waals surface area contributed by atoms with E-state index in [4.69, 9.17) is 10.5 Å². The minimum Gasteiger partial charge on any atom is -0.378 e. The average molecular weight is 307 g/mol. The zero-order valence-electron chi connectivity index (χ0n) is 13.4. The van der Waals surface area contributed by atoms with Crippen molar-refractivity contribution in [2.75, 3.05) is 32.8 Å². The van der Waals surface area contributed by atoms with Gasteiger partial charge in [-0.25, -0.2) is 0 Å². The predicted molar refractivity (Wildman–Crippen MR) is 84.2 cm³/mol. The Kier molecular flexibility index (Phi) is 4.13. The highest BCUT2D eigenvalue weighted by atomic mass is 16.5. The molecule has 0 aromatic rings. The molecular weight excluding hydrogens is 278 g/mol. The third kappa shape index (κ3) is 2.68. The third-order valence-electron chi connectivity index (χ3n) is 6.49. The fourth-order valence-corrected chi connectivity index (χ4v) is 5.73. The first-order chi connectivity index (χ1) is 10.7. The zero-order valence-corrected chi connectivity index (χ0v) is 13.4. The molecule has 1 amide bonds. The van der Waals surface area contributed by atoms with Gasteiger partial charge in [-0.2, -0.15) is 0 Å². The van der Waals surface area contributed by atoms with E-state index in [0.29, 0.717) is 25.8 Å². The molecule has 5 aliphatic rings. The minimum absolute atomic E-state index is 0.144. The Morgan fingerprint density at radius 3 is 2.45 bits per heavy atom. The van der Waals surface area contributed by atoms with Crippen molar-refractivity contribution in [2.45, 2.75) is 44.2 Å². The van der Waals surface area contributed by atoms with Crippen molar-refractivity contribution in [3.05, 3.63) is 0 Å². The van der Waals surface area contributed by atoms with Crippen LogP contribution in [0.15, 0.2) is 0 Å². The summed E-state index contributed by atoms with van der Waals surface area (Å²) in [5.41, 5.74) is 5.69. The number of nitrogens with two attached hydrogens (primary N) is 1. The van der Waals surface area contributed by atoms with Crippen molar-refractivity contribution in [1.29, 1.82) is 0 Å².